The second-order valence-electron chi connectivity index (χ2n) is 6.10. The number of benzene rings is 2. The van der Waals surface area contributed by atoms with Gasteiger partial charge in [-0.05, 0) is 38.1 Å². The number of amides is 1. The fourth-order valence-corrected chi connectivity index (χ4v) is 2.41. The van der Waals surface area contributed by atoms with Gasteiger partial charge in [0.15, 0.2) is 17.6 Å². The van der Waals surface area contributed by atoms with E-state index in [0.717, 1.165) is 5.56 Å². The summed E-state index contributed by atoms with van der Waals surface area (Å²) in [5.41, 5.74) is 1.67. The van der Waals surface area contributed by atoms with Crippen molar-refractivity contribution in [2.45, 2.75) is 26.4 Å². The number of hydrogen-bond donors (Lipinski definition) is 1. The number of aryl methyl sites for hydroxylation is 1. The van der Waals surface area contributed by atoms with E-state index in [0.29, 0.717) is 22.9 Å². The van der Waals surface area contributed by atoms with Crippen molar-refractivity contribution in [1.29, 1.82) is 0 Å². The lowest BCUT2D eigenvalue weighted by Gasteiger charge is -2.14. The summed E-state index contributed by atoms with van der Waals surface area (Å²) in [5.74, 6) is 0.936. The van der Waals surface area contributed by atoms with Crippen LogP contribution in [-0.4, -0.2) is 31.4 Å². The standard InChI is InChI=1S/C20H21NO6/c1-13-3-6-16(7-4-13)24-10-9-19(22)27-14(2)20(23)21-15-5-8-17-18(11-15)26-12-25-17/h3-8,11,14H,9-10,12H2,1-2H3,(H,21,23)/t14-/m0/s1. The van der Waals surface area contributed by atoms with E-state index >= 15 is 0 Å². The van der Waals surface area contributed by atoms with Gasteiger partial charge in [-0.3, -0.25) is 9.59 Å². The predicted molar refractivity (Wildman–Crippen MR) is 98.0 cm³/mol. The molecule has 0 bridgehead atoms. The van der Waals surface area contributed by atoms with Gasteiger partial charge in [0.05, 0.1) is 13.0 Å². The van der Waals surface area contributed by atoms with Crippen molar-refractivity contribution < 1.29 is 28.5 Å². The number of hydrogen-bond acceptors (Lipinski definition) is 6. The fraction of sp³-hybridized carbons (Fsp3) is 0.300. The minimum atomic E-state index is -0.928. The molecule has 27 heavy (non-hydrogen) atoms. The van der Waals surface area contributed by atoms with Gasteiger partial charge < -0.3 is 24.3 Å². The van der Waals surface area contributed by atoms with Crippen molar-refractivity contribution in [2.75, 3.05) is 18.7 Å². The first kappa shape index (κ1) is 18.6. The summed E-state index contributed by atoms with van der Waals surface area (Å²) in [6, 6.07) is 12.6. The lowest BCUT2D eigenvalue weighted by atomic mass is 10.2. The number of rotatable bonds is 7. The first-order chi connectivity index (χ1) is 13.0. The Kier molecular flexibility index (Phi) is 5.80. The van der Waals surface area contributed by atoms with Gasteiger partial charge in [-0.1, -0.05) is 17.7 Å². The van der Waals surface area contributed by atoms with Crippen molar-refractivity contribution in [1.82, 2.24) is 0 Å². The number of fused-ring (bicyclic) bond motifs is 1. The molecule has 2 aromatic rings. The molecular formula is C20H21NO6. The Bertz CT molecular complexity index is 818. The molecule has 142 valence electrons. The van der Waals surface area contributed by atoms with Gasteiger partial charge in [-0.2, -0.15) is 0 Å². The number of esters is 1. The monoisotopic (exact) mass is 371 g/mol. The van der Waals surface area contributed by atoms with Gasteiger partial charge >= 0.3 is 5.97 Å². The number of carbonyl (C=O) groups is 2. The van der Waals surface area contributed by atoms with Gasteiger partial charge in [0.25, 0.3) is 5.91 Å². The first-order valence-corrected chi connectivity index (χ1v) is 8.61. The Balaban J connectivity index is 1.42. The summed E-state index contributed by atoms with van der Waals surface area (Å²) in [4.78, 5) is 24.1. The second kappa shape index (κ2) is 8.44. The minimum Gasteiger partial charge on any atom is -0.493 e. The van der Waals surface area contributed by atoms with E-state index in [-0.39, 0.29) is 19.8 Å². The van der Waals surface area contributed by atoms with Crippen LogP contribution in [0.25, 0.3) is 0 Å². The predicted octanol–water partition coefficient (Wildman–Crippen LogP) is 3.06. The number of carbonyl (C=O) groups excluding carboxylic acids is 2. The summed E-state index contributed by atoms with van der Waals surface area (Å²) >= 11 is 0. The largest absolute Gasteiger partial charge is 0.493 e. The lowest BCUT2D eigenvalue weighted by molar-refractivity contribution is -0.153. The highest BCUT2D eigenvalue weighted by molar-refractivity contribution is 5.95. The van der Waals surface area contributed by atoms with Crippen molar-refractivity contribution in [3.05, 3.63) is 48.0 Å². The minimum absolute atomic E-state index is 0.0511. The van der Waals surface area contributed by atoms with E-state index in [1.165, 1.54) is 6.92 Å². The Hall–Kier alpha value is -3.22. The van der Waals surface area contributed by atoms with Crippen molar-refractivity contribution in [3.8, 4) is 17.2 Å². The van der Waals surface area contributed by atoms with Gasteiger partial charge in [0, 0.05) is 11.8 Å². The van der Waals surface area contributed by atoms with Crippen LogP contribution in [0.2, 0.25) is 0 Å². The number of anilines is 1. The third-order valence-corrected chi connectivity index (χ3v) is 3.91. The smallest absolute Gasteiger partial charge is 0.310 e. The Morgan fingerprint density at radius 2 is 1.85 bits per heavy atom. The number of nitrogens with one attached hydrogen (secondary N) is 1. The maximum absolute atomic E-state index is 12.2. The average Bonchev–Trinajstić information content (AvgIpc) is 3.11. The van der Waals surface area contributed by atoms with Crippen LogP contribution in [0.5, 0.6) is 17.2 Å². The molecule has 0 aliphatic carbocycles. The maximum Gasteiger partial charge on any atom is 0.310 e. The third-order valence-electron chi connectivity index (χ3n) is 3.91. The highest BCUT2D eigenvalue weighted by atomic mass is 16.7. The van der Waals surface area contributed by atoms with Gasteiger partial charge in [0.1, 0.15) is 5.75 Å². The highest BCUT2D eigenvalue weighted by Crippen LogP contribution is 2.34. The van der Waals surface area contributed by atoms with E-state index in [4.69, 9.17) is 18.9 Å². The summed E-state index contributed by atoms with van der Waals surface area (Å²) < 4.78 is 21.1. The average molecular weight is 371 g/mol. The van der Waals surface area contributed by atoms with Gasteiger partial charge in [-0.25, -0.2) is 0 Å². The quantitative estimate of drug-likeness (QED) is 0.753. The van der Waals surface area contributed by atoms with Crippen molar-refractivity contribution in [2.24, 2.45) is 0 Å². The van der Waals surface area contributed by atoms with Crippen LogP contribution >= 0.6 is 0 Å². The Morgan fingerprint density at radius 1 is 1.11 bits per heavy atom. The molecule has 1 aliphatic heterocycles. The molecule has 1 aliphatic rings. The van der Waals surface area contributed by atoms with Gasteiger partial charge in [0.2, 0.25) is 6.79 Å². The maximum atomic E-state index is 12.2. The topological polar surface area (TPSA) is 83.1 Å². The molecule has 7 nitrogen and oxygen atoms in total. The van der Waals surface area contributed by atoms with Crippen LogP contribution < -0.4 is 19.5 Å². The third kappa shape index (κ3) is 5.13. The molecule has 1 N–H and O–H groups in total. The summed E-state index contributed by atoms with van der Waals surface area (Å²) in [6.45, 7) is 3.84. The van der Waals surface area contributed by atoms with Crippen LogP contribution in [0, 0.1) is 6.92 Å². The molecule has 0 aromatic heterocycles. The molecule has 3 rings (SSSR count). The molecule has 7 heteroatoms. The summed E-state index contributed by atoms with van der Waals surface area (Å²) in [5, 5.41) is 2.68. The van der Waals surface area contributed by atoms with Crippen LogP contribution in [-0.2, 0) is 14.3 Å². The molecule has 0 saturated heterocycles. The zero-order valence-electron chi connectivity index (χ0n) is 15.2. The van der Waals surface area contributed by atoms with Crippen LogP contribution in [0.4, 0.5) is 5.69 Å². The summed E-state index contributed by atoms with van der Waals surface area (Å²) in [6.07, 6.45) is -0.877. The molecule has 1 heterocycles. The fourth-order valence-electron chi connectivity index (χ4n) is 2.41. The Labute approximate surface area is 157 Å². The van der Waals surface area contributed by atoms with E-state index in [9.17, 15) is 9.59 Å². The molecule has 1 atom stereocenters. The SMILES string of the molecule is Cc1ccc(OCCC(=O)O[C@@H](C)C(=O)Nc2ccc3c(c2)OCO3)cc1. The summed E-state index contributed by atoms with van der Waals surface area (Å²) in [7, 11) is 0. The van der Waals surface area contributed by atoms with E-state index in [1.807, 2.05) is 31.2 Å². The van der Waals surface area contributed by atoms with E-state index in [2.05, 4.69) is 5.32 Å². The molecule has 0 fully saturated rings. The van der Waals surface area contributed by atoms with Crippen LogP contribution in [0.15, 0.2) is 42.5 Å². The first-order valence-electron chi connectivity index (χ1n) is 8.61. The molecule has 0 unspecified atom stereocenters. The van der Waals surface area contributed by atoms with Crippen LogP contribution in [0.3, 0.4) is 0 Å². The zero-order chi connectivity index (χ0) is 19.2. The molecule has 0 saturated carbocycles. The molecule has 0 spiro atoms. The number of ether oxygens (including phenoxy) is 4. The van der Waals surface area contributed by atoms with Crippen molar-refractivity contribution in [3.63, 3.8) is 0 Å². The normalized spacial score (nSPS) is 13.0. The highest BCUT2D eigenvalue weighted by Gasteiger charge is 2.19. The Morgan fingerprint density at radius 3 is 2.63 bits per heavy atom. The van der Waals surface area contributed by atoms with Gasteiger partial charge in [-0.15, -0.1) is 0 Å². The zero-order valence-corrected chi connectivity index (χ0v) is 15.2. The van der Waals surface area contributed by atoms with Crippen molar-refractivity contribution >= 4 is 17.6 Å². The molecule has 0 radical (unpaired) electrons. The molecule has 2 aromatic carbocycles. The second-order valence-corrected chi connectivity index (χ2v) is 6.10. The van der Waals surface area contributed by atoms with Crippen LogP contribution in [0.1, 0.15) is 18.9 Å². The van der Waals surface area contributed by atoms with E-state index in [1.54, 1.807) is 18.2 Å². The lowest BCUT2D eigenvalue weighted by Crippen LogP contribution is -2.30. The van der Waals surface area contributed by atoms with E-state index < -0.39 is 18.0 Å². The molecular weight excluding hydrogens is 350 g/mol. The molecule has 1 amide bonds.